The standard InChI is InChI=1S/C11H15BrN2O/c12-11-3-1-2-10(14-11)8-13-9-4-6-15-7-5-9/h1-3,9,13H,4-8H2. The molecule has 2 rings (SSSR count). The fraction of sp³-hybridized carbons (Fsp3) is 0.545. The van der Waals surface area contributed by atoms with Crippen molar-refractivity contribution < 1.29 is 4.74 Å². The monoisotopic (exact) mass is 270 g/mol. The first-order valence-corrected chi connectivity index (χ1v) is 6.06. The molecule has 0 unspecified atom stereocenters. The van der Waals surface area contributed by atoms with Crippen molar-refractivity contribution in [2.75, 3.05) is 13.2 Å². The molecular formula is C11H15BrN2O. The summed E-state index contributed by atoms with van der Waals surface area (Å²) < 4.78 is 6.20. The molecule has 4 heteroatoms. The molecule has 1 aromatic heterocycles. The van der Waals surface area contributed by atoms with Crippen molar-refractivity contribution in [1.29, 1.82) is 0 Å². The van der Waals surface area contributed by atoms with Crippen molar-refractivity contribution in [2.24, 2.45) is 0 Å². The topological polar surface area (TPSA) is 34.1 Å². The predicted molar refractivity (Wildman–Crippen MR) is 62.6 cm³/mol. The smallest absolute Gasteiger partial charge is 0.106 e. The van der Waals surface area contributed by atoms with Gasteiger partial charge in [0.1, 0.15) is 4.60 Å². The van der Waals surface area contributed by atoms with Gasteiger partial charge in [0.2, 0.25) is 0 Å². The summed E-state index contributed by atoms with van der Waals surface area (Å²) in [4.78, 5) is 4.38. The highest BCUT2D eigenvalue weighted by atomic mass is 79.9. The molecule has 82 valence electrons. The Bertz CT molecular complexity index is 313. The van der Waals surface area contributed by atoms with Crippen molar-refractivity contribution in [1.82, 2.24) is 10.3 Å². The molecule has 1 fully saturated rings. The number of ether oxygens (including phenoxy) is 1. The minimum absolute atomic E-state index is 0.583. The minimum Gasteiger partial charge on any atom is -0.381 e. The first kappa shape index (κ1) is 11.0. The molecule has 0 saturated carbocycles. The molecule has 1 N–H and O–H groups in total. The molecule has 1 aliphatic heterocycles. The number of hydrogen-bond acceptors (Lipinski definition) is 3. The Morgan fingerprint density at radius 3 is 2.93 bits per heavy atom. The van der Waals surface area contributed by atoms with Gasteiger partial charge in [0.15, 0.2) is 0 Å². The number of nitrogens with zero attached hydrogens (tertiary/aromatic N) is 1. The van der Waals surface area contributed by atoms with Gasteiger partial charge in [-0.2, -0.15) is 0 Å². The number of rotatable bonds is 3. The Kier molecular flexibility index (Phi) is 4.11. The third kappa shape index (κ3) is 3.55. The van der Waals surface area contributed by atoms with Crippen molar-refractivity contribution in [3.8, 4) is 0 Å². The van der Waals surface area contributed by atoms with Crippen LogP contribution < -0.4 is 5.32 Å². The molecule has 2 heterocycles. The number of nitrogens with one attached hydrogen (secondary N) is 1. The first-order valence-electron chi connectivity index (χ1n) is 5.27. The van der Waals surface area contributed by atoms with E-state index in [2.05, 4.69) is 26.2 Å². The average molecular weight is 271 g/mol. The van der Waals surface area contributed by atoms with Gasteiger partial charge in [-0.05, 0) is 40.9 Å². The maximum absolute atomic E-state index is 5.31. The summed E-state index contributed by atoms with van der Waals surface area (Å²) in [5.74, 6) is 0. The Hall–Kier alpha value is -0.450. The Balaban J connectivity index is 1.81. The van der Waals surface area contributed by atoms with Gasteiger partial charge in [0.25, 0.3) is 0 Å². The number of aromatic nitrogens is 1. The van der Waals surface area contributed by atoms with E-state index in [9.17, 15) is 0 Å². The van der Waals surface area contributed by atoms with Crippen LogP contribution in [0.4, 0.5) is 0 Å². The lowest BCUT2D eigenvalue weighted by molar-refractivity contribution is 0.0775. The van der Waals surface area contributed by atoms with Crippen LogP contribution in [0.2, 0.25) is 0 Å². The zero-order valence-electron chi connectivity index (χ0n) is 8.58. The normalized spacial score (nSPS) is 17.9. The molecule has 0 amide bonds. The average Bonchev–Trinajstić information content (AvgIpc) is 2.28. The summed E-state index contributed by atoms with van der Waals surface area (Å²) in [7, 11) is 0. The van der Waals surface area contributed by atoms with Crippen molar-refractivity contribution in [3.05, 3.63) is 28.5 Å². The van der Waals surface area contributed by atoms with Gasteiger partial charge >= 0.3 is 0 Å². The van der Waals surface area contributed by atoms with E-state index >= 15 is 0 Å². The highest BCUT2D eigenvalue weighted by molar-refractivity contribution is 9.10. The Labute approximate surface area is 98.4 Å². The highest BCUT2D eigenvalue weighted by Gasteiger charge is 2.12. The van der Waals surface area contributed by atoms with Gasteiger partial charge in [-0.3, -0.25) is 0 Å². The number of pyridine rings is 1. The van der Waals surface area contributed by atoms with E-state index in [1.807, 2.05) is 18.2 Å². The van der Waals surface area contributed by atoms with Crippen LogP contribution in [0, 0.1) is 0 Å². The van der Waals surface area contributed by atoms with Gasteiger partial charge in [-0.15, -0.1) is 0 Å². The van der Waals surface area contributed by atoms with Gasteiger partial charge in [0.05, 0.1) is 5.69 Å². The molecule has 15 heavy (non-hydrogen) atoms. The van der Waals surface area contributed by atoms with Gasteiger partial charge in [-0.1, -0.05) is 6.07 Å². The van der Waals surface area contributed by atoms with Crippen LogP contribution >= 0.6 is 15.9 Å². The lowest BCUT2D eigenvalue weighted by Crippen LogP contribution is -2.34. The molecule has 1 saturated heterocycles. The zero-order valence-corrected chi connectivity index (χ0v) is 10.2. The summed E-state index contributed by atoms with van der Waals surface area (Å²) in [6.45, 7) is 2.59. The highest BCUT2D eigenvalue weighted by Crippen LogP contribution is 2.09. The van der Waals surface area contributed by atoms with Crippen molar-refractivity contribution >= 4 is 15.9 Å². The summed E-state index contributed by atoms with van der Waals surface area (Å²) >= 11 is 3.37. The summed E-state index contributed by atoms with van der Waals surface area (Å²) in [6.07, 6.45) is 2.21. The van der Waals surface area contributed by atoms with E-state index in [0.29, 0.717) is 6.04 Å². The van der Waals surface area contributed by atoms with Crippen LogP contribution in [0.3, 0.4) is 0 Å². The van der Waals surface area contributed by atoms with Gasteiger partial charge in [0, 0.05) is 25.8 Å². The Morgan fingerprint density at radius 2 is 2.20 bits per heavy atom. The lowest BCUT2D eigenvalue weighted by Gasteiger charge is -2.22. The third-order valence-corrected chi connectivity index (χ3v) is 3.01. The molecule has 0 atom stereocenters. The Morgan fingerprint density at radius 1 is 1.40 bits per heavy atom. The maximum atomic E-state index is 5.31. The summed E-state index contributed by atoms with van der Waals surface area (Å²) in [5.41, 5.74) is 1.08. The molecule has 0 bridgehead atoms. The summed E-state index contributed by atoms with van der Waals surface area (Å²) in [6, 6.07) is 6.58. The fourth-order valence-corrected chi connectivity index (χ4v) is 2.08. The molecule has 1 aliphatic rings. The molecular weight excluding hydrogens is 256 g/mol. The van der Waals surface area contributed by atoms with E-state index in [1.54, 1.807) is 0 Å². The van der Waals surface area contributed by atoms with E-state index in [1.165, 1.54) is 0 Å². The summed E-state index contributed by atoms with van der Waals surface area (Å²) in [5, 5.41) is 3.50. The van der Waals surface area contributed by atoms with E-state index in [4.69, 9.17) is 4.74 Å². The second-order valence-corrected chi connectivity index (χ2v) is 4.53. The van der Waals surface area contributed by atoms with Crippen LogP contribution in [0.5, 0.6) is 0 Å². The van der Waals surface area contributed by atoms with Crippen LogP contribution in [-0.4, -0.2) is 24.2 Å². The molecule has 0 aromatic carbocycles. The predicted octanol–water partition coefficient (Wildman–Crippen LogP) is 2.11. The van der Waals surface area contributed by atoms with E-state index in [0.717, 1.165) is 42.9 Å². The van der Waals surface area contributed by atoms with Crippen LogP contribution in [0.15, 0.2) is 22.8 Å². The number of hydrogen-bond donors (Lipinski definition) is 1. The lowest BCUT2D eigenvalue weighted by atomic mass is 10.1. The van der Waals surface area contributed by atoms with Crippen LogP contribution in [0.25, 0.3) is 0 Å². The molecule has 0 aliphatic carbocycles. The zero-order chi connectivity index (χ0) is 10.5. The quantitative estimate of drug-likeness (QED) is 0.855. The fourth-order valence-electron chi connectivity index (χ4n) is 1.70. The molecule has 0 radical (unpaired) electrons. The second-order valence-electron chi connectivity index (χ2n) is 3.72. The third-order valence-electron chi connectivity index (χ3n) is 2.57. The second kappa shape index (κ2) is 5.58. The van der Waals surface area contributed by atoms with Crippen molar-refractivity contribution in [2.45, 2.75) is 25.4 Å². The number of halogens is 1. The molecule has 1 aromatic rings. The van der Waals surface area contributed by atoms with Crippen LogP contribution in [-0.2, 0) is 11.3 Å². The van der Waals surface area contributed by atoms with Gasteiger partial charge in [-0.25, -0.2) is 4.98 Å². The first-order chi connectivity index (χ1) is 7.34. The maximum Gasteiger partial charge on any atom is 0.106 e. The largest absolute Gasteiger partial charge is 0.381 e. The van der Waals surface area contributed by atoms with E-state index < -0.39 is 0 Å². The van der Waals surface area contributed by atoms with Gasteiger partial charge < -0.3 is 10.1 Å². The van der Waals surface area contributed by atoms with Crippen molar-refractivity contribution in [3.63, 3.8) is 0 Å². The molecule has 0 spiro atoms. The molecule has 3 nitrogen and oxygen atoms in total. The SMILES string of the molecule is Brc1cccc(CNC2CCOCC2)n1. The minimum atomic E-state index is 0.583. The van der Waals surface area contributed by atoms with Crippen LogP contribution in [0.1, 0.15) is 18.5 Å². The van der Waals surface area contributed by atoms with E-state index in [-0.39, 0.29) is 0 Å².